The summed E-state index contributed by atoms with van der Waals surface area (Å²) < 4.78 is 0. The van der Waals surface area contributed by atoms with E-state index >= 15 is 0 Å². The molecule has 0 aromatic heterocycles. The van der Waals surface area contributed by atoms with Gasteiger partial charge in [-0.25, -0.2) is 0 Å². The average Bonchev–Trinajstić information content (AvgIpc) is 2.30. The molecule has 0 aliphatic carbocycles. The SMILES string of the molecule is CCC(NC)C(C)c1ccc(SC)cc1. The zero-order chi connectivity index (χ0) is 11.3. The average molecular weight is 223 g/mol. The molecule has 0 spiro atoms. The molecule has 1 aromatic carbocycles. The lowest BCUT2D eigenvalue weighted by Gasteiger charge is -2.22. The predicted octanol–water partition coefficient (Wildman–Crippen LogP) is 3.51. The highest BCUT2D eigenvalue weighted by molar-refractivity contribution is 7.98. The first-order valence-electron chi connectivity index (χ1n) is 5.54. The zero-order valence-corrected chi connectivity index (χ0v) is 10.9. The van der Waals surface area contributed by atoms with Gasteiger partial charge in [0.15, 0.2) is 0 Å². The van der Waals surface area contributed by atoms with Gasteiger partial charge in [0, 0.05) is 10.9 Å². The van der Waals surface area contributed by atoms with E-state index in [4.69, 9.17) is 0 Å². The maximum atomic E-state index is 3.37. The highest BCUT2D eigenvalue weighted by Crippen LogP contribution is 2.23. The van der Waals surface area contributed by atoms with Crippen molar-refractivity contribution in [2.45, 2.75) is 37.1 Å². The van der Waals surface area contributed by atoms with Gasteiger partial charge in [0.25, 0.3) is 0 Å². The van der Waals surface area contributed by atoms with Crippen LogP contribution >= 0.6 is 11.8 Å². The van der Waals surface area contributed by atoms with Crippen molar-refractivity contribution in [1.82, 2.24) is 5.32 Å². The van der Waals surface area contributed by atoms with E-state index in [-0.39, 0.29) is 0 Å². The summed E-state index contributed by atoms with van der Waals surface area (Å²) in [5.41, 5.74) is 1.43. The largest absolute Gasteiger partial charge is 0.316 e. The van der Waals surface area contributed by atoms with Gasteiger partial charge in [-0.05, 0) is 43.3 Å². The van der Waals surface area contributed by atoms with Crippen molar-refractivity contribution in [3.8, 4) is 0 Å². The maximum absolute atomic E-state index is 3.37. The predicted molar refractivity (Wildman–Crippen MR) is 69.8 cm³/mol. The Labute approximate surface area is 97.7 Å². The molecule has 0 aliphatic rings. The van der Waals surface area contributed by atoms with Crippen LogP contribution in [0.4, 0.5) is 0 Å². The first-order chi connectivity index (χ1) is 7.22. The van der Waals surface area contributed by atoms with Crippen LogP contribution in [0.15, 0.2) is 29.2 Å². The lowest BCUT2D eigenvalue weighted by molar-refractivity contribution is 0.472. The van der Waals surface area contributed by atoms with E-state index in [1.807, 2.05) is 7.05 Å². The van der Waals surface area contributed by atoms with Crippen LogP contribution in [0.5, 0.6) is 0 Å². The molecule has 15 heavy (non-hydrogen) atoms. The summed E-state index contributed by atoms with van der Waals surface area (Å²) in [7, 11) is 2.04. The minimum atomic E-state index is 0.574. The van der Waals surface area contributed by atoms with E-state index in [9.17, 15) is 0 Å². The quantitative estimate of drug-likeness (QED) is 0.767. The molecule has 1 aromatic rings. The lowest BCUT2D eigenvalue weighted by atomic mass is 9.92. The molecule has 1 rings (SSSR count). The molecule has 0 saturated carbocycles. The van der Waals surface area contributed by atoms with Gasteiger partial charge < -0.3 is 5.32 Å². The Morgan fingerprint density at radius 2 is 1.87 bits per heavy atom. The van der Waals surface area contributed by atoms with Gasteiger partial charge in [0.05, 0.1) is 0 Å². The Bertz CT molecular complexity index is 277. The fourth-order valence-electron chi connectivity index (χ4n) is 1.95. The van der Waals surface area contributed by atoms with E-state index in [1.54, 1.807) is 11.8 Å². The fourth-order valence-corrected chi connectivity index (χ4v) is 2.36. The molecule has 0 bridgehead atoms. The highest BCUT2D eigenvalue weighted by Gasteiger charge is 2.14. The van der Waals surface area contributed by atoms with E-state index < -0.39 is 0 Å². The van der Waals surface area contributed by atoms with Crippen molar-refractivity contribution >= 4 is 11.8 Å². The summed E-state index contributed by atoms with van der Waals surface area (Å²) in [6.07, 6.45) is 3.28. The molecule has 2 atom stereocenters. The Balaban J connectivity index is 2.76. The molecule has 2 unspecified atom stereocenters. The second-order valence-corrected chi connectivity index (χ2v) is 4.74. The number of hydrogen-bond donors (Lipinski definition) is 1. The first-order valence-corrected chi connectivity index (χ1v) is 6.76. The van der Waals surface area contributed by atoms with Crippen LogP contribution in [0.25, 0.3) is 0 Å². The van der Waals surface area contributed by atoms with Crippen molar-refractivity contribution in [1.29, 1.82) is 0 Å². The molecule has 1 N–H and O–H groups in total. The van der Waals surface area contributed by atoms with Gasteiger partial charge in [-0.15, -0.1) is 11.8 Å². The Morgan fingerprint density at radius 3 is 2.27 bits per heavy atom. The van der Waals surface area contributed by atoms with Gasteiger partial charge >= 0.3 is 0 Å². The van der Waals surface area contributed by atoms with Gasteiger partial charge in [0.1, 0.15) is 0 Å². The highest BCUT2D eigenvalue weighted by atomic mass is 32.2. The van der Waals surface area contributed by atoms with Crippen LogP contribution in [0.2, 0.25) is 0 Å². The minimum absolute atomic E-state index is 0.574. The summed E-state index contributed by atoms with van der Waals surface area (Å²) >= 11 is 1.79. The smallest absolute Gasteiger partial charge is 0.0127 e. The van der Waals surface area contributed by atoms with Crippen LogP contribution in [0.1, 0.15) is 31.7 Å². The van der Waals surface area contributed by atoms with Crippen molar-refractivity contribution in [2.75, 3.05) is 13.3 Å². The summed E-state index contributed by atoms with van der Waals surface area (Å²) in [6, 6.07) is 9.48. The molecular weight excluding hydrogens is 202 g/mol. The van der Waals surface area contributed by atoms with E-state index in [1.165, 1.54) is 16.9 Å². The van der Waals surface area contributed by atoms with Crippen LogP contribution in [-0.4, -0.2) is 19.3 Å². The second-order valence-electron chi connectivity index (χ2n) is 3.87. The maximum Gasteiger partial charge on any atom is 0.0127 e. The topological polar surface area (TPSA) is 12.0 Å². The third kappa shape index (κ3) is 3.25. The third-order valence-electron chi connectivity index (χ3n) is 3.06. The minimum Gasteiger partial charge on any atom is -0.316 e. The summed E-state index contributed by atoms with van der Waals surface area (Å²) in [4.78, 5) is 1.34. The molecule has 0 heterocycles. The molecule has 1 nitrogen and oxygen atoms in total. The number of hydrogen-bond acceptors (Lipinski definition) is 2. The monoisotopic (exact) mass is 223 g/mol. The van der Waals surface area contributed by atoms with Crippen LogP contribution in [0.3, 0.4) is 0 Å². The lowest BCUT2D eigenvalue weighted by Crippen LogP contribution is -2.29. The van der Waals surface area contributed by atoms with Crippen LogP contribution in [0, 0.1) is 0 Å². The molecule has 0 fully saturated rings. The number of rotatable bonds is 5. The number of nitrogens with one attached hydrogen (secondary N) is 1. The first kappa shape index (κ1) is 12.6. The van der Waals surface area contributed by atoms with Gasteiger partial charge in [-0.3, -0.25) is 0 Å². The second kappa shape index (κ2) is 6.19. The van der Waals surface area contributed by atoms with Gasteiger partial charge in [-0.1, -0.05) is 26.0 Å². The van der Waals surface area contributed by atoms with E-state index in [2.05, 4.69) is 49.7 Å². The molecule has 84 valence electrons. The van der Waals surface area contributed by atoms with Crippen molar-refractivity contribution < 1.29 is 0 Å². The van der Waals surface area contributed by atoms with Crippen LogP contribution in [-0.2, 0) is 0 Å². The summed E-state index contributed by atoms with van der Waals surface area (Å²) in [5.74, 6) is 0.580. The zero-order valence-electron chi connectivity index (χ0n) is 10.1. The third-order valence-corrected chi connectivity index (χ3v) is 3.80. The molecule has 0 aliphatic heterocycles. The van der Waals surface area contributed by atoms with Gasteiger partial charge in [0.2, 0.25) is 0 Å². The van der Waals surface area contributed by atoms with Gasteiger partial charge in [-0.2, -0.15) is 0 Å². The number of likely N-dealkylation sites (N-methyl/N-ethyl adjacent to an activating group) is 1. The number of benzene rings is 1. The van der Waals surface area contributed by atoms with Crippen molar-refractivity contribution in [3.63, 3.8) is 0 Å². The molecule has 2 heteroatoms. The molecule has 0 saturated heterocycles. The normalized spacial score (nSPS) is 14.9. The van der Waals surface area contributed by atoms with Crippen molar-refractivity contribution in [3.05, 3.63) is 29.8 Å². The molecular formula is C13H21NS. The summed E-state index contributed by atoms with van der Waals surface area (Å²) in [6.45, 7) is 4.52. The Hall–Kier alpha value is -0.470. The summed E-state index contributed by atoms with van der Waals surface area (Å²) in [5, 5.41) is 3.37. The number of thioether (sulfide) groups is 1. The van der Waals surface area contributed by atoms with Crippen molar-refractivity contribution in [2.24, 2.45) is 0 Å². The van der Waals surface area contributed by atoms with E-state index in [0.717, 1.165) is 0 Å². The standard InChI is InChI=1S/C13H21NS/c1-5-13(14-3)10(2)11-6-8-12(15-4)9-7-11/h6-10,13-14H,5H2,1-4H3. The van der Waals surface area contributed by atoms with Crippen LogP contribution < -0.4 is 5.32 Å². The van der Waals surface area contributed by atoms with E-state index in [0.29, 0.717) is 12.0 Å². The molecule has 0 amide bonds. The Morgan fingerprint density at radius 1 is 1.27 bits per heavy atom. The molecule has 0 radical (unpaired) electrons. The Kier molecular flexibility index (Phi) is 5.20. The fraction of sp³-hybridized carbons (Fsp3) is 0.538.